The largest absolute Gasteiger partial charge is 0.383 e. The number of anilines is 1. The second-order valence-corrected chi connectivity index (χ2v) is 7.82. The minimum Gasteiger partial charge on any atom is -0.383 e. The molecule has 0 saturated heterocycles. The van der Waals surface area contributed by atoms with Crippen molar-refractivity contribution in [1.29, 1.82) is 0 Å². The maximum absolute atomic E-state index is 5.96. The summed E-state index contributed by atoms with van der Waals surface area (Å²) < 4.78 is 7.23. The summed E-state index contributed by atoms with van der Waals surface area (Å²) >= 11 is 5.96. The van der Waals surface area contributed by atoms with Crippen molar-refractivity contribution >= 4 is 28.6 Å². The van der Waals surface area contributed by atoms with E-state index < -0.39 is 0 Å². The van der Waals surface area contributed by atoms with Gasteiger partial charge in [-0.1, -0.05) is 35.7 Å². The number of ether oxygens (including phenoxy) is 1. The summed E-state index contributed by atoms with van der Waals surface area (Å²) in [6.07, 6.45) is 1.83. The molecule has 4 aromatic rings. The molecule has 2 aromatic heterocycles. The van der Waals surface area contributed by atoms with Crippen LogP contribution < -0.4 is 5.32 Å². The molecule has 0 amide bonds. The smallest absolute Gasteiger partial charge is 0.203 e. The SMILES string of the molecule is COCC(C)Nc1nc2cc(C#Cc3ccc(-c4ccc(Cl)cc4)cn3)ccc2n1C. The minimum atomic E-state index is 0.168. The summed E-state index contributed by atoms with van der Waals surface area (Å²) in [7, 11) is 3.69. The number of hydrogen-bond acceptors (Lipinski definition) is 4. The predicted octanol–water partition coefficient (Wildman–Crippen LogP) is 5.14. The molecule has 0 radical (unpaired) electrons. The second-order valence-electron chi connectivity index (χ2n) is 7.39. The van der Waals surface area contributed by atoms with Crippen molar-refractivity contribution in [1.82, 2.24) is 14.5 Å². The molecule has 0 aliphatic heterocycles. The van der Waals surface area contributed by atoms with E-state index in [9.17, 15) is 0 Å². The number of imidazole rings is 1. The number of rotatable bonds is 5. The van der Waals surface area contributed by atoms with Crippen LogP contribution in [-0.4, -0.2) is 34.3 Å². The Hall–Kier alpha value is -3.33. The van der Waals surface area contributed by atoms with Gasteiger partial charge in [-0.3, -0.25) is 0 Å². The average molecular weight is 431 g/mol. The van der Waals surface area contributed by atoms with Gasteiger partial charge < -0.3 is 14.6 Å². The maximum Gasteiger partial charge on any atom is 0.203 e. The van der Waals surface area contributed by atoms with Crippen LogP contribution in [0.15, 0.2) is 60.8 Å². The lowest BCUT2D eigenvalue weighted by molar-refractivity contribution is 0.190. The van der Waals surface area contributed by atoms with E-state index in [1.165, 1.54) is 0 Å². The highest BCUT2D eigenvalue weighted by molar-refractivity contribution is 6.30. The summed E-state index contributed by atoms with van der Waals surface area (Å²) in [6.45, 7) is 2.68. The molecule has 0 fully saturated rings. The lowest BCUT2D eigenvalue weighted by Gasteiger charge is -2.13. The predicted molar refractivity (Wildman–Crippen MR) is 126 cm³/mol. The van der Waals surface area contributed by atoms with Crippen molar-refractivity contribution in [3.63, 3.8) is 0 Å². The topological polar surface area (TPSA) is 52.0 Å². The van der Waals surface area contributed by atoms with Crippen molar-refractivity contribution in [3.05, 3.63) is 77.1 Å². The van der Waals surface area contributed by atoms with Crippen LogP contribution in [0.5, 0.6) is 0 Å². The molecule has 1 N–H and O–H groups in total. The first-order valence-electron chi connectivity index (χ1n) is 9.99. The van der Waals surface area contributed by atoms with E-state index in [0.717, 1.165) is 44.4 Å². The standard InChI is InChI=1S/C25H23ClN4O/c1-17(16-31-3)28-25-29-23-14-18(5-13-24(23)30(25)2)4-11-22-12-8-20(15-27-22)19-6-9-21(26)10-7-19/h5-10,12-15,17H,16H2,1-3H3,(H,28,29). The van der Waals surface area contributed by atoms with E-state index in [1.807, 2.05) is 72.4 Å². The van der Waals surface area contributed by atoms with Gasteiger partial charge in [-0.05, 0) is 54.8 Å². The van der Waals surface area contributed by atoms with Crippen molar-refractivity contribution in [2.24, 2.45) is 7.05 Å². The van der Waals surface area contributed by atoms with E-state index >= 15 is 0 Å². The van der Waals surface area contributed by atoms with Crippen LogP contribution in [-0.2, 0) is 11.8 Å². The maximum atomic E-state index is 5.96. The van der Waals surface area contributed by atoms with Crippen molar-refractivity contribution in [2.45, 2.75) is 13.0 Å². The Balaban J connectivity index is 1.53. The molecule has 4 rings (SSSR count). The zero-order chi connectivity index (χ0) is 21.8. The number of nitrogens with zero attached hydrogens (tertiary/aromatic N) is 3. The van der Waals surface area contributed by atoms with E-state index in [1.54, 1.807) is 7.11 Å². The van der Waals surface area contributed by atoms with Gasteiger partial charge >= 0.3 is 0 Å². The third kappa shape index (κ3) is 4.88. The van der Waals surface area contributed by atoms with Gasteiger partial charge in [0.15, 0.2) is 0 Å². The normalized spacial score (nSPS) is 11.7. The number of fused-ring (bicyclic) bond motifs is 1. The molecule has 2 aromatic carbocycles. The lowest BCUT2D eigenvalue weighted by Crippen LogP contribution is -2.22. The number of methoxy groups -OCH3 is 1. The van der Waals surface area contributed by atoms with Gasteiger partial charge in [0.05, 0.1) is 17.6 Å². The Labute approximate surface area is 187 Å². The number of aromatic nitrogens is 3. The van der Waals surface area contributed by atoms with Gasteiger partial charge in [0.25, 0.3) is 0 Å². The van der Waals surface area contributed by atoms with E-state index in [2.05, 4.69) is 29.1 Å². The fourth-order valence-corrected chi connectivity index (χ4v) is 3.46. The lowest BCUT2D eigenvalue weighted by atomic mass is 10.1. The van der Waals surface area contributed by atoms with Gasteiger partial charge in [-0.25, -0.2) is 9.97 Å². The van der Waals surface area contributed by atoms with Gasteiger partial charge in [-0.15, -0.1) is 0 Å². The summed E-state index contributed by atoms with van der Waals surface area (Å²) in [4.78, 5) is 9.18. The highest BCUT2D eigenvalue weighted by atomic mass is 35.5. The summed E-state index contributed by atoms with van der Waals surface area (Å²) in [5, 5.41) is 4.09. The van der Waals surface area contributed by atoms with Crippen molar-refractivity contribution in [2.75, 3.05) is 19.0 Å². The second kappa shape index (κ2) is 9.22. The Morgan fingerprint density at radius 2 is 1.84 bits per heavy atom. The molecule has 6 heteroatoms. The van der Waals surface area contributed by atoms with Crippen LogP contribution in [0, 0.1) is 11.8 Å². The molecule has 31 heavy (non-hydrogen) atoms. The van der Waals surface area contributed by atoms with Crippen LogP contribution in [0.4, 0.5) is 5.95 Å². The third-order valence-corrected chi connectivity index (χ3v) is 5.20. The molecular formula is C25H23ClN4O. The molecule has 2 heterocycles. The monoisotopic (exact) mass is 430 g/mol. The number of halogens is 1. The quantitative estimate of drug-likeness (QED) is 0.445. The van der Waals surface area contributed by atoms with Crippen LogP contribution in [0.3, 0.4) is 0 Å². The van der Waals surface area contributed by atoms with Gasteiger partial charge in [0.1, 0.15) is 5.69 Å². The molecule has 5 nitrogen and oxygen atoms in total. The molecule has 1 unspecified atom stereocenters. The minimum absolute atomic E-state index is 0.168. The fraction of sp³-hybridized carbons (Fsp3) is 0.200. The Morgan fingerprint density at radius 3 is 2.55 bits per heavy atom. The summed E-state index contributed by atoms with van der Waals surface area (Å²) in [5.74, 6) is 7.13. The molecule has 156 valence electrons. The number of aryl methyl sites for hydroxylation is 1. The van der Waals surface area contributed by atoms with E-state index in [-0.39, 0.29) is 6.04 Å². The first-order chi connectivity index (χ1) is 15.0. The van der Waals surface area contributed by atoms with Gasteiger partial charge in [-0.2, -0.15) is 0 Å². The molecular weight excluding hydrogens is 408 g/mol. The zero-order valence-corrected chi connectivity index (χ0v) is 18.4. The van der Waals surface area contributed by atoms with E-state index in [0.29, 0.717) is 6.61 Å². The number of hydrogen-bond donors (Lipinski definition) is 1. The number of benzene rings is 2. The number of pyridine rings is 1. The van der Waals surface area contributed by atoms with Gasteiger partial charge in [0.2, 0.25) is 5.95 Å². The number of nitrogens with one attached hydrogen (secondary N) is 1. The van der Waals surface area contributed by atoms with Crippen molar-refractivity contribution < 1.29 is 4.74 Å². The fourth-order valence-electron chi connectivity index (χ4n) is 3.34. The molecule has 0 saturated carbocycles. The highest BCUT2D eigenvalue weighted by Gasteiger charge is 2.10. The summed E-state index contributed by atoms with van der Waals surface area (Å²) in [6, 6.07) is 17.8. The Kier molecular flexibility index (Phi) is 6.22. The van der Waals surface area contributed by atoms with Crippen molar-refractivity contribution in [3.8, 4) is 23.0 Å². The molecule has 0 bridgehead atoms. The Bertz CT molecular complexity index is 1250. The van der Waals surface area contributed by atoms with Crippen LogP contribution in [0.2, 0.25) is 5.02 Å². The van der Waals surface area contributed by atoms with Crippen LogP contribution in [0.25, 0.3) is 22.2 Å². The molecule has 0 aliphatic carbocycles. The molecule has 0 spiro atoms. The first-order valence-corrected chi connectivity index (χ1v) is 10.4. The average Bonchev–Trinajstić information content (AvgIpc) is 3.08. The zero-order valence-electron chi connectivity index (χ0n) is 17.7. The highest BCUT2D eigenvalue weighted by Crippen LogP contribution is 2.22. The molecule has 0 aliphatic rings. The molecule has 1 atom stereocenters. The van der Waals surface area contributed by atoms with Crippen LogP contribution >= 0.6 is 11.6 Å². The Morgan fingerprint density at radius 1 is 1.06 bits per heavy atom. The first kappa shape index (κ1) is 20.9. The van der Waals surface area contributed by atoms with Crippen LogP contribution in [0.1, 0.15) is 18.2 Å². The van der Waals surface area contributed by atoms with E-state index in [4.69, 9.17) is 21.3 Å². The summed E-state index contributed by atoms with van der Waals surface area (Å²) in [5.41, 5.74) is 5.65. The third-order valence-electron chi connectivity index (χ3n) is 4.95. The van der Waals surface area contributed by atoms with Gasteiger partial charge in [0, 0.05) is 42.5 Å².